The van der Waals surface area contributed by atoms with E-state index in [0.717, 1.165) is 0 Å². The van der Waals surface area contributed by atoms with Crippen LogP contribution in [0.5, 0.6) is 11.5 Å². The van der Waals surface area contributed by atoms with Crippen LogP contribution in [0.4, 0.5) is 8.78 Å². The van der Waals surface area contributed by atoms with E-state index in [1.807, 2.05) is 0 Å². The molecule has 0 atom stereocenters. The number of ether oxygens (including phenoxy) is 2. The number of alkyl halides is 2. The molecular formula is C9H10F2O2. The maximum absolute atomic E-state index is 11.9. The van der Waals surface area contributed by atoms with Crippen molar-refractivity contribution in [2.45, 2.75) is 13.5 Å². The standard InChI is InChI=1S/C9H10F2O2/c1-6-3-4-7(12-2)5-8(6)13-9(10)11/h3-5,9H,1-2H3. The van der Waals surface area contributed by atoms with Crippen molar-refractivity contribution < 1.29 is 18.3 Å². The van der Waals surface area contributed by atoms with Gasteiger partial charge in [-0.1, -0.05) is 6.07 Å². The van der Waals surface area contributed by atoms with Gasteiger partial charge in [-0.25, -0.2) is 0 Å². The molecule has 1 aromatic carbocycles. The van der Waals surface area contributed by atoms with Gasteiger partial charge >= 0.3 is 6.61 Å². The molecule has 0 spiro atoms. The Kier molecular flexibility index (Phi) is 3.06. The van der Waals surface area contributed by atoms with E-state index in [1.165, 1.54) is 13.2 Å². The molecule has 0 N–H and O–H groups in total. The second-order valence-corrected chi connectivity index (χ2v) is 2.51. The van der Waals surface area contributed by atoms with Gasteiger partial charge in [0, 0.05) is 6.07 Å². The van der Waals surface area contributed by atoms with Crippen molar-refractivity contribution in [3.63, 3.8) is 0 Å². The van der Waals surface area contributed by atoms with Gasteiger partial charge in [-0.15, -0.1) is 0 Å². The minimum Gasteiger partial charge on any atom is -0.497 e. The Balaban J connectivity index is 2.90. The number of aryl methyl sites for hydroxylation is 1. The van der Waals surface area contributed by atoms with Crippen molar-refractivity contribution in [1.82, 2.24) is 0 Å². The summed E-state index contributed by atoms with van der Waals surface area (Å²) in [6.07, 6.45) is 0. The normalized spacial score (nSPS) is 10.2. The minimum atomic E-state index is -2.80. The van der Waals surface area contributed by atoms with Crippen molar-refractivity contribution in [1.29, 1.82) is 0 Å². The molecule has 0 heterocycles. The number of methoxy groups -OCH3 is 1. The fourth-order valence-corrected chi connectivity index (χ4v) is 0.930. The zero-order valence-corrected chi connectivity index (χ0v) is 7.38. The molecule has 0 unspecified atom stereocenters. The summed E-state index contributed by atoms with van der Waals surface area (Å²) in [5.74, 6) is 0.649. The third-order valence-electron chi connectivity index (χ3n) is 1.61. The number of halogens is 2. The lowest BCUT2D eigenvalue weighted by Crippen LogP contribution is -2.03. The summed E-state index contributed by atoms with van der Waals surface area (Å²) in [4.78, 5) is 0. The number of rotatable bonds is 3. The molecule has 72 valence electrons. The maximum atomic E-state index is 11.9. The number of benzene rings is 1. The van der Waals surface area contributed by atoms with Crippen LogP contribution in [0.1, 0.15) is 5.56 Å². The Morgan fingerprint density at radius 3 is 2.54 bits per heavy atom. The van der Waals surface area contributed by atoms with Crippen molar-refractivity contribution in [2.24, 2.45) is 0 Å². The van der Waals surface area contributed by atoms with Gasteiger partial charge in [-0.05, 0) is 18.6 Å². The van der Waals surface area contributed by atoms with E-state index in [0.29, 0.717) is 11.3 Å². The van der Waals surface area contributed by atoms with Crippen LogP contribution in [0, 0.1) is 6.92 Å². The predicted molar refractivity (Wildman–Crippen MR) is 44.4 cm³/mol. The highest BCUT2D eigenvalue weighted by Gasteiger charge is 2.07. The summed E-state index contributed by atoms with van der Waals surface area (Å²) >= 11 is 0. The topological polar surface area (TPSA) is 18.5 Å². The van der Waals surface area contributed by atoms with Crippen molar-refractivity contribution in [2.75, 3.05) is 7.11 Å². The van der Waals surface area contributed by atoms with Crippen LogP contribution in [0.15, 0.2) is 18.2 Å². The first kappa shape index (κ1) is 9.77. The first-order valence-corrected chi connectivity index (χ1v) is 3.73. The Labute approximate surface area is 75.1 Å². The van der Waals surface area contributed by atoms with Crippen LogP contribution < -0.4 is 9.47 Å². The second-order valence-electron chi connectivity index (χ2n) is 2.51. The Morgan fingerprint density at radius 2 is 2.00 bits per heavy atom. The highest BCUT2D eigenvalue weighted by Crippen LogP contribution is 2.25. The van der Waals surface area contributed by atoms with E-state index in [2.05, 4.69) is 4.74 Å². The maximum Gasteiger partial charge on any atom is 0.387 e. The van der Waals surface area contributed by atoms with E-state index in [1.54, 1.807) is 19.1 Å². The third kappa shape index (κ3) is 2.57. The lowest BCUT2D eigenvalue weighted by molar-refractivity contribution is -0.0503. The van der Waals surface area contributed by atoms with Gasteiger partial charge in [0.15, 0.2) is 0 Å². The van der Waals surface area contributed by atoms with Crippen LogP contribution in [0.2, 0.25) is 0 Å². The first-order valence-electron chi connectivity index (χ1n) is 3.73. The van der Waals surface area contributed by atoms with Crippen LogP contribution >= 0.6 is 0 Å². The highest BCUT2D eigenvalue weighted by atomic mass is 19.3. The van der Waals surface area contributed by atoms with Crippen molar-refractivity contribution in [3.05, 3.63) is 23.8 Å². The molecule has 0 aromatic heterocycles. The summed E-state index contributed by atoms with van der Waals surface area (Å²) < 4.78 is 32.9. The summed E-state index contributed by atoms with van der Waals surface area (Å²) in [6.45, 7) is -1.11. The Hall–Kier alpha value is -1.32. The molecule has 1 aromatic rings. The van der Waals surface area contributed by atoms with Gasteiger partial charge in [0.2, 0.25) is 0 Å². The third-order valence-corrected chi connectivity index (χ3v) is 1.61. The Morgan fingerprint density at radius 1 is 1.31 bits per heavy atom. The molecule has 2 nitrogen and oxygen atoms in total. The predicted octanol–water partition coefficient (Wildman–Crippen LogP) is 2.61. The van der Waals surface area contributed by atoms with E-state index >= 15 is 0 Å². The van der Waals surface area contributed by atoms with Gasteiger partial charge in [-0.2, -0.15) is 8.78 Å². The first-order chi connectivity index (χ1) is 6.13. The summed E-state index contributed by atoms with van der Waals surface area (Å²) in [7, 11) is 1.47. The van der Waals surface area contributed by atoms with Gasteiger partial charge in [0.05, 0.1) is 7.11 Å². The molecule has 0 aliphatic rings. The lowest BCUT2D eigenvalue weighted by Gasteiger charge is -2.08. The largest absolute Gasteiger partial charge is 0.497 e. The lowest BCUT2D eigenvalue weighted by atomic mass is 10.2. The summed E-state index contributed by atoms with van der Waals surface area (Å²) in [5, 5.41) is 0. The monoisotopic (exact) mass is 188 g/mol. The zero-order valence-electron chi connectivity index (χ0n) is 7.38. The van der Waals surface area contributed by atoms with E-state index in [9.17, 15) is 8.78 Å². The SMILES string of the molecule is COc1ccc(C)c(OC(F)F)c1. The molecular weight excluding hydrogens is 178 g/mol. The van der Waals surface area contributed by atoms with Crippen LogP contribution in [-0.4, -0.2) is 13.7 Å². The molecule has 0 saturated carbocycles. The Bertz CT molecular complexity index is 287. The molecule has 0 radical (unpaired) electrons. The molecule has 0 saturated heterocycles. The van der Waals surface area contributed by atoms with Gasteiger partial charge < -0.3 is 9.47 Å². The molecule has 0 aliphatic carbocycles. The average molecular weight is 188 g/mol. The average Bonchev–Trinajstić information content (AvgIpc) is 2.08. The van der Waals surface area contributed by atoms with E-state index < -0.39 is 6.61 Å². The molecule has 0 fully saturated rings. The minimum absolute atomic E-state index is 0.148. The van der Waals surface area contributed by atoms with Crippen molar-refractivity contribution in [3.8, 4) is 11.5 Å². The number of hydrogen-bond donors (Lipinski definition) is 0. The quantitative estimate of drug-likeness (QED) is 0.725. The zero-order chi connectivity index (χ0) is 9.84. The molecule has 1 rings (SSSR count). The molecule has 0 amide bonds. The van der Waals surface area contributed by atoms with Gasteiger partial charge in [-0.3, -0.25) is 0 Å². The van der Waals surface area contributed by atoms with E-state index in [4.69, 9.17) is 4.74 Å². The molecule has 0 aliphatic heterocycles. The van der Waals surface area contributed by atoms with E-state index in [-0.39, 0.29) is 5.75 Å². The van der Waals surface area contributed by atoms with Crippen LogP contribution in [0.25, 0.3) is 0 Å². The second kappa shape index (κ2) is 4.07. The summed E-state index contributed by atoms with van der Waals surface area (Å²) in [5.41, 5.74) is 0.654. The molecule has 0 bridgehead atoms. The number of hydrogen-bond acceptors (Lipinski definition) is 2. The van der Waals surface area contributed by atoms with Gasteiger partial charge in [0.1, 0.15) is 11.5 Å². The summed E-state index contributed by atoms with van der Waals surface area (Å²) in [6, 6.07) is 4.78. The molecule has 4 heteroatoms. The van der Waals surface area contributed by atoms with Gasteiger partial charge in [0.25, 0.3) is 0 Å². The highest BCUT2D eigenvalue weighted by molar-refractivity contribution is 5.39. The van der Waals surface area contributed by atoms with Crippen LogP contribution in [0.3, 0.4) is 0 Å². The van der Waals surface area contributed by atoms with Crippen molar-refractivity contribution >= 4 is 0 Å². The van der Waals surface area contributed by atoms with Crippen LogP contribution in [-0.2, 0) is 0 Å². The molecule has 13 heavy (non-hydrogen) atoms. The fourth-order valence-electron chi connectivity index (χ4n) is 0.930. The smallest absolute Gasteiger partial charge is 0.387 e. The fraction of sp³-hybridized carbons (Fsp3) is 0.333.